The summed E-state index contributed by atoms with van der Waals surface area (Å²) in [7, 11) is 0. The number of hydrogen-bond acceptors (Lipinski definition) is 0. The molecular formula is C18H46. The van der Waals surface area contributed by atoms with Crippen LogP contribution >= 0.6 is 0 Å². The molecule has 0 radical (unpaired) electrons. The van der Waals surface area contributed by atoms with Gasteiger partial charge in [-0.15, -0.1) is 0 Å². The highest BCUT2D eigenvalue weighted by Gasteiger charge is 2.20. The van der Waals surface area contributed by atoms with Crippen LogP contribution in [0.15, 0.2) is 0 Å². The number of rotatable bonds is 6. The molecule has 0 N–H and O–H groups in total. The molecule has 0 bridgehead atoms. The van der Waals surface area contributed by atoms with Crippen LogP contribution in [0, 0.1) is 11.3 Å². The first-order valence-corrected chi connectivity index (χ1v) is 7.05. The van der Waals surface area contributed by atoms with Crippen molar-refractivity contribution in [3.05, 3.63) is 0 Å². The molecule has 0 amide bonds. The van der Waals surface area contributed by atoms with Crippen molar-refractivity contribution in [3.63, 3.8) is 0 Å². The standard InChI is InChI=1S/C9H20.C6H14.3CH4/c1-5-9(6-2,7-3)8-4;1-4-6(3)5-2;;;/h5-8H2,1-4H3;6H,4-5H2,1-3H3;3*1H4. The summed E-state index contributed by atoms with van der Waals surface area (Å²) in [6.07, 6.45) is 8.03. The molecule has 0 heteroatoms. The highest BCUT2D eigenvalue weighted by atomic mass is 14.3. The lowest BCUT2D eigenvalue weighted by Crippen LogP contribution is -2.15. The van der Waals surface area contributed by atoms with Crippen LogP contribution in [0.1, 0.15) is 109 Å². The molecule has 0 unspecified atom stereocenters. The summed E-state index contributed by atoms with van der Waals surface area (Å²) in [5.74, 6) is 0.935. The molecule has 0 aliphatic carbocycles. The van der Waals surface area contributed by atoms with Gasteiger partial charge in [-0.25, -0.2) is 0 Å². The smallest absolute Gasteiger partial charge is 0.0308 e. The van der Waals surface area contributed by atoms with Gasteiger partial charge in [0.05, 0.1) is 0 Å². The van der Waals surface area contributed by atoms with Crippen molar-refractivity contribution in [2.45, 2.75) is 109 Å². The van der Waals surface area contributed by atoms with E-state index in [0.717, 1.165) is 5.92 Å². The van der Waals surface area contributed by atoms with Gasteiger partial charge in [0.15, 0.2) is 0 Å². The maximum atomic E-state index is 2.30. The average molecular weight is 263 g/mol. The summed E-state index contributed by atoms with van der Waals surface area (Å²) in [5, 5.41) is 0. The first-order valence-electron chi connectivity index (χ1n) is 7.05. The lowest BCUT2D eigenvalue weighted by atomic mass is 9.78. The molecule has 0 fully saturated rings. The topological polar surface area (TPSA) is 0 Å². The molecular weight excluding hydrogens is 216 g/mol. The van der Waals surface area contributed by atoms with Crippen LogP contribution in [0.25, 0.3) is 0 Å². The summed E-state index contributed by atoms with van der Waals surface area (Å²) >= 11 is 0. The fourth-order valence-electron chi connectivity index (χ4n) is 1.79. The van der Waals surface area contributed by atoms with E-state index in [1.165, 1.54) is 38.5 Å². The van der Waals surface area contributed by atoms with Gasteiger partial charge in [0.2, 0.25) is 0 Å². The minimum atomic E-state index is 0. The van der Waals surface area contributed by atoms with E-state index < -0.39 is 0 Å². The van der Waals surface area contributed by atoms with E-state index in [0.29, 0.717) is 5.41 Å². The molecule has 0 saturated heterocycles. The SMILES string of the molecule is C.C.C.CCC(C)CC.CCC(CC)(CC)CC. The minimum absolute atomic E-state index is 0. The zero-order chi connectivity index (χ0) is 12.3. The molecule has 0 rings (SSSR count). The Morgan fingerprint density at radius 1 is 0.611 bits per heavy atom. The molecule has 0 aromatic rings. The predicted octanol–water partition coefficient (Wildman–Crippen LogP) is 7.96. The molecule has 0 aliphatic rings. The van der Waals surface area contributed by atoms with Crippen molar-refractivity contribution < 1.29 is 0 Å². The van der Waals surface area contributed by atoms with E-state index in [9.17, 15) is 0 Å². The molecule has 18 heavy (non-hydrogen) atoms. The maximum Gasteiger partial charge on any atom is -0.0308 e. The Bertz CT molecular complexity index is 89.7. The van der Waals surface area contributed by atoms with E-state index in [1.807, 2.05) is 0 Å². The summed E-state index contributed by atoms with van der Waals surface area (Å²) in [4.78, 5) is 0. The second-order valence-electron chi connectivity index (χ2n) is 4.84. The van der Waals surface area contributed by atoms with Crippen LogP contribution in [0.3, 0.4) is 0 Å². The third-order valence-electron chi connectivity index (χ3n) is 4.39. The zero-order valence-electron chi connectivity index (χ0n) is 12.3. The molecule has 0 aliphatic heterocycles. The van der Waals surface area contributed by atoms with Crippen molar-refractivity contribution in [2.24, 2.45) is 11.3 Å². The van der Waals surface area contributed by atoms with Crippen molar-refractivity contribution in [1.29, 1.82) is 0 Å². The lowest BCUT2D eigenvalue weighted by Gasteiger charge is -2.28. The monoisotopic (exact) mass is 262 g/mol. The van der Waals surface area contributed by atoms with Gasteiger partial charge in [0.1, 0.15) is 0 Å². The van der Waals surface area contributed by atoms with E-state index in [4.69, 9.17) is 0 Å². The van der Waals surface area contributed by atoms with E-state index >= 15 is 0 Å². The average Bonchev–Trinajstić information content (AvgIpc) is 2.32. The fraction of sp³-hybridized carbons (Fsp3) is 1.00. The fourth-order valence-corrected chi connectivity index (χ4v) is 1.79. The van der Waals surface area contributed by atoms with E-state index in [2.05, 4.69) is 48.5 Å². The summed E-state index contributed by atoms with van der Waals surface area (Å²) < 4.78 is 0. The Morgan fingerprint density at radius 3 is 0.833 bits per heavy atom. The second kappa shape index (κ2) is 19.3. The highest BCUT2D eigenvalue weighted by Crippen LogP contribution is 2.33. The van der Waals surface area contributed by atoms with E-state index in [-0.39, 0.29) is 22.3 Å². The third-order valence-corrected chi connectivity index (χ3v) is 4.39. The van der Waals surface area contributed by atoms with Crippen molar-refractivity contribution in [3.8, 4) is 0 Å². The van der Waals surface area contributed by atoms with Crippen LogP contribution < -0.4 is 0 Å². The van der Waals surface area contributed by atoms with Crippen LogP contribution in [0.5, 0.6) is 0 Å². The number of hydrogen-bond donors (Lipinski definition) is 0. The van der Waals surface area contributed by atoms with Crippen molar-refractivity contribution in [2.75, 3.05) is 0 Å². The first kappa shape index (κ1) is 30.8. The van der Waals surface area contributed by atoms with Crippen molar-refractivity contribution >= 4 is 0 Å². The molecule has 0 aromatic carbocycles. The van der Waals surface area contributed by atoms with Gasteiger partial charge in [-0.1, -0.05) is 109 Å². The van der Waals surface area contributed by atoms with Gasteiger partial charge in [0, 0.05) is 0 Å². The quantitative estimate of drug-likeness (QED) is 0.455. The van der Waals surface area contributed by atoms with Gasteiger partial charge >= 0.3 is 0 Å². The van der Waals surface area contributed by atoms with Gasteiger partial charge in [-0.2, -0.15) is 0 Å². The van der Waals surface area contributed by atoms with Gasteiger partial charge in [-0.3, -0.25) is 0 Å². The predicted molar refractivity (Wildman–Crippen MR) is 93.5 cm³/mol. The Morgan fingerprint density at radius 2 is 0.833 bits per heavy atom. The molecule has 118 valence electrons. The molecule has 0 nitrogen and oxygen atoms in total. The van der Waals surface area contributed by atoms with Crippen molar-refractivity contribution in [1.82, 2.24) is 0 Å². The van der Waals surface area contributed by atoms with Gasteiger partial charge in [-0.05, 0) is 11.3 Å². The van der Waals surface area contributed by atoms with Crippen LogP contribution in [0.2, 0.25) is 0 Å². The second-order valence-corrected chi connectivity index (χ2v) is 4.84. The van der Waals surface area contributed by atoms with E-state index in [1.54, 1.807) is 0 Å². The van der Waals surface area contributed by atoms with Crippen LogP contribution in [-0.2, 0) is 0 Å². The maximum absolute atomic E-state index is 2.30. The third kappa shape index (κ3) is 14.1. The molecule has 0 atom stereocenters. The summed E-state index contributed by atoms with van der Waals surface area (Å²) in [6, 6.07) is 0. The van der Waals surface area contributed by atoms with Gasteiger partial charge < -0.3 is 0 Å². The van der Waals surface area contributed by atoms with Crippen LogP contribution in [-0.4, -0.2) is 0 Å². The summed E-state index contributed by atoms with van der Waals surface area (Å²) in [6.45, 7) is 15.9. The summed E-state index contributed by atoms with van der Waals surface area (Å²) in [5.41, 5.74) is 0.667. The minimum Gasteiger partial charge on any atom is -0.0776 e. The normalized spacial score (nSPS) is 9.33. The lowest BCUT2D eigenvalue weighted by molar-refractivity contribution is 0.240. The van der Waals surface area contributed by atoms with Crippen LogP contribution in [0.4, 0.5) is 0 Å². The molecule has 0 aromatic heterocycles. The Hall–Kier alpha value is 0. The Labute approximate surface area is 121 Å². The molecule has 0 saturated carbocycles. The Balaban J connectivity index is -0.0000000566. The zero-order valence-corrected chi connectivity index (χ0v) is 12.3. The van der Waals surface area contributed by atoms with Gasteiger partial charge in [0.25, 0.3) is 0 Å². The highest BCUT2D eigenvalue weighted by molar-refractivity contribution is 4.72. The Kier molecular flexibility index (Phi) is 33.1. The first-order chi connectivity index (χ1) is 7.05. The largest absolute Gasteiger partial charge is 0.0776 e. The molecule has 0 heterocycles. The molecule has 0 spiro atoms.